The van der Waals surface area contributed by atoms with Crippen LogP contribution >= 0.6 is 0 Å². The number of anilines is 1. The van der Waals surface area contributed by atoms with E-state index >= 15 is 0 Å². The minimum atomic E-state index is -0.883. The third-order valence-electron chi connectivity index (χ3n) is 6.95. The molecule has 10 heteroatoms. The third-order valence-corrected chi connectivity index (χ3v) is 6.95. The van der Waals surface area contributed by atoms with Crippen molar-refractivity contribution in [2.75, 3.05) is 31.5 Å². The second-order valence-corrected chi connectivity index (χ2v) is 9.16. The third kappa shape index (κ3) is 4.77. The Hall–Kier alpha value is -3.34. The Morgan fingerprint density at radius 1 is 1.03 bits per heavy atom. The average molecular weight is 482 g/mol. The maximum Gasteiger partial charge on any atom is 0.320 e. The largest absolute Gasteiger partial charge is 0.333 e. The van der Waals surface area contributed by atoms with Crippen molar-refractivity contribution in [3.63, 3.8) is 0 Å². The summed E-state index contributed by atoms with van der Waals surface area (Å²) in [5.41, 5.74) is 9.45. The maximum atomic E-state index is 14.0. The molecule has 2 aromatic carbocycles. The standard InChI is InChI=1S/C25H29F2N7O/c1-15-16(2)32-34(18-6-4-3-5-7-18)24(15)31-25(35)30-23-14-33(19-11-28-29-12-19)13-20(23)17-8-9-21(26)22(27)10-17/h3-10,19-20,23,28-29H,11-14H2,1-2H3,(H2,30,31,35)/t20-,23+/m0/s1. The van der Waals surface area contributed by atoms with Gasteiger partial charge in [0.2, 0.25) is 0 Å². The molecule has 0 bridgehead atoms. The highest BCUT2D eigenvalue weighted by atomic mass is 19.2. The quantitative estimate of drug-likeness (QED) is 0.450. The molecule has 2 saturated heterocycles. The fourth-order valence-corrected chi connectivity index (χ4v) is 4.89. The predicted molar refractivity (Wildman–Crippen MR) is 129 cm³/mol. The van der Waals surface area contributed by atoms with Gasteiger partial charge in [0.25, 0.3) is 0 Å². The van der Waals surface area contributed by atoms with Gasteiger partial charge in [-0.3, -0.25) is 21.1 Å². The van der Waals surface area contributed by atoms with Gasteiger partial charge in [-0.15, -0.1) is 0 Å². The predicted octanol–water partition coefficient (Wildman–Crippen LogP) is 2.83. The molecule has 0 spiro atoms. The van der Waals surface area contributed by atoms with Gasteiger partial charge >= 0.3 is 6.03 Å². The smallest absolute Gasteiger partial charge is 0.320 e. The van der Waals surface area contributed by atoms with Gasteiger partial charge in [0, 0.05) is 43.7 Å². The Morgan fingerprint density at radius 2 is 1.77 bits per heavy atom. The first kappa shape index (κ1) is 23.4. The first-order chi connectivity index (χ1) is 16.9. The average Bonchev–Trinajstić information content (AvgIpc) is 3.58. The van der Waals surface area contributed by atoms with Crippen LogP contribution in [0.15, 0.2) is 48.5 Å². The van der Waals surface area contributed by atoms with Crippen LogP contribution in [-0.4, -0.2) is 59.0 Å². The van der Waals surface area contributed by atoms with Crippen LogP contribution in [0, 0.1) is 25.5 Å². The molecule has 184 valence electrons. The molecule has 8 nitrogen and oxygen atoms in total. The fourth-order valence-electron chi connectivity index (χ4n) is 4.89. The van der Waals surface area contributed by atoms with E-state index in [4.69, 9.17) is 0 Å². The molecular formula is C25H29F2N7O. The van der Waals surface area contributed by atoms with Crippen molar-refractivity contribution < 1.29 is 13.6 Å². The number of rotatable bonds is 5. The molecule has 35 heavy (non-hydrogen) atoms. The molecule has 2 aliphatic heterocycles. The molecule has 4 N–H and O–H groups in total. The SMILES string of the molecule is Cc1nn(-c2ccccc2)c(NC(=O)N[C@@H]2CN(C3CNNC3)C[C@H]2c2ccc(F)c(F)c2)c1C. The Bertz CT molecular complexity index is 1210. The van der Waals surface area contributed by atoms with Crippen molar-refractivity contribution in [2.24, 2.45) is 0 Å². The molecule has 0 unspecified atom stereocenters. The van der Waals surface area contributed by atoms with E-state index in [1.165, 1.54) is 6.07 Å². The lowest BCUT2D eigenvalue weighted by Crippen LogP contribution is -2.44. The number of halogens is 2. The summed E-state index contributed by atoms with van der Waals surface area (Å²) in [4.78, 5) is 15.5. The van der Waals surface area contributed by atoms with Crippen LogP contribution < -0.4 is 21.5 Å². The summed E-state index contributed by atoms with van der Waals surface area (Å²) >= 11 is 0. The minimum absolute atomic E-state index is 0.182. The summed E-state index contributed by atoms with van der Waals surface area (Å²) in [6, 6.07) is 13.2. The number of nitrogens with one attached hydrogen (secondary N) is 4. The Kier molecular flexibility index (Phi) is 6.50. The highest BCUT2D eigenvalue weighted by Crippen LogP contribution is 2.31. The van der Waals surface area contributed by atoms with Crippen LogP contribution in [0.1, 0.15) is 22.7 Å². The monoisotopic (exact) mass is 481 g/mol. The maximum absolute atomic E-state index is 14.0. The van der Waals surface area contributed by atoms with E-state index < -0.39 is 11.6 Å². The number of carbonyl (C=O) groups excluding carboxylic acids is 1. The Morgan fingerprint density at radius 3 is 2.49 bits per heavy atom. The molecule has 3 heterocycles. The second kappa shape index (κ2) is 9.73. The number of carbonyl (C=O) groups is 1. The number of amides is 2. The molecule has 5 rings (SSSR count). The highest BCUT2D eigenvalue weighted by molar-refractivity contribution is 5.90. The molecule has 2 fully saturated rings. The minimum Gasteiger partial charge on any atom is -0.333 e. The van der Waals surface area contributed by atoms with Gasteiger partial charge in [0.1, 0.15) is 5.82 Å². The number of benzene rings is 2. The molecule has 3 aromatic rings. The van der Waals surface area contributed by atoms with Crippen molar-refractivity contribution in [3.05, 3.63) is 77.0 Å². The Labute approximate surface area is 202 Å². The van der Waals surface area contributed by atoms with Crippen LogP contribution in [0.5, 0.6) is 0 Å². The van der Waals surface area contributed by atoms with E-state index in [0.29, 0.717) is 24.5 Å². The highest BCUT2D eigenvalue weighted by Gasteiger charge is 2.39. The summed E-state index contributed by atoms with van der Waals surface area (Å²) in [7, 11) is 0. The molecule has 0 aliphatic carbocycles. The zero-order valence-electron chi connectivity index (χ0n) is 19.7. The molecule has 2 aliphatic rings. The van der Waals surface area contributed by atoms with E-state index in [9.17, 15) is 13.6 Å². The van der Waals surface area contributed by atoms with E-state index in [1.807, 2.05) is 44.2 Å². The Balaban J connectivity index is 1.37. The molecule has 0 saturated carbocycles. The lowest BCUT2D eigenvalue weighted by Gasteiger charge is -2.22. The van der Waals surface area contributed by atoms with Crippen molar-refractivity contribution >= 4 is 11.8 Å². The van der Waals surface area contributed by atoms with Gasteiger partial charge in [-0.1, -0.05) is 24.3 Å². The molecule has 2 atom stereocenters. The fraction of sp³-hybridized carbons (Fsp3) is 0.360. The number of urea groups is 1. The van der Waals surface area contributed by atoms with Gasteiger partial charge < -0.3 is 5.32 Å². The number of para-hydroxylation sites is 1. The van der Waals surface area contributed by atoms with Crippen molar-refractivity contribution in [3.8, 4) is 5.69 Å². The van der Waals surface area contributed by atoms with Crippen LogP contribution in [0.4, 0.5) is 19.4 Å². The van der Waals surface area contributed by atoms with Gasteiger partial charge in [-0.05, 0) is 43.7 Å². The van der Waals surface area contributed by atoms with E-state index in [-0.39, 0.29) is 24.0 Å². The van der Waals surface area contributed by atoms with Gasteiger partial charge in [0.05, 0.1) is 17.4 Å². The van der Waals surface area contributed by atoms with Gasteiger partial charge in [-0.25, -0.2) is 18.3 Å². The zero-order chi connectivity index (χ0) is 24.5. The first-order valence-corrected chi connectivity index (χ1v) is 11.7. The van der Waals surface area contributed by atoms with Crippen LogP contribution in [0.3, 0.4) is 0 Å². The van der Waals surface area contributed by atoms with E-state index in [0.717, 1.165) is 36.1 Å². The van der Waals surface area contributed by atoms with Crippen molar-refractivity contribution in [1.29, 1.82) is 0 Å². The lowest BCUT2D eigenvalue weighted by molar-refractivity contribution is 0.242. The van der Waals surface area contributed by atoms with Crippen molar-refractivity contribution in [2.45, 2.75) is 31.8 Å². The zero-order valence-corrected chi connectivity index (χ0v) is 19.7. The van der Waals surface area contributed by atoms with Crippen LogP contribution in [0.2, 0.25) is 0 Å². The van der Waals surface area contributed by atoms with Crippen molar-refractivity contribution in [1.82, 2.24) is 30.8 Å². The number of hydrogen-bond acceptors (Lipinski definition) is 5. The second-order valence-electron chi connectivity index (χ2n) is 9.16. The number of nitrogens with zero attached hydrogens (tertiary/aromatic N) is 3. The summed E-state index contributed by atoms with van der Waals surface area (Å²) in [6.45, 7) is 6.59. The summed E-state index contributed by atoms with van der Waals surface area (Å²) in [5, 5.41) is 10.6. The molecular weight excluding hydrogens is 452 g/mol. The number of hydrogen-bond donors (Lipinski definition) is 4. The molecule has 0 radical (unpaired) electrons. The number of hydrazine groups is 1. The van der Waals surface area contributed by atoms with Crippen LogP contribution in [0.25, 0.3) is 5.69 Å². The van der Waals surface area contributed by atoms with Crippen LogP contribution in [-0.2, 0) is 0 Å². The number of aromatic nitrogens is 2. The molecule has 1 aromatic heterocycles. The normalized spacial score (nSPS) is 20.9. The summed E-state index contributed by atoms with van der Waals surface area (Å²) in [6.07, 6.45) is 0. The summed E-state index contributed by atoms with van der Waals surface area (Å²) in [5.74, 6) is -1.35. The molecule has 2 amide bonds. The van der Waals surface area contributed by atoms with Gasteiger partial charge in [0.15, 0.2) is 11.6 Å². The first-order valence-electron chi connectivity index (χ1n) is 11.7. The van der Waals surface area contributed by atoms with E-state index in [1.54, 1.807) is 10.7 Å². The topological polar surface area (TPSA) is 86.2 Å². The summed E-state index contributed by atoms with van der Waals surface area (Å²) < 4.78 is 29.3. The lowest BCUT2D eigenvalue weighted by atomic mass is 9.94. The van der Waals surface area contributed by atoms with E-state index in [2.05, 4.69) is 31.5 Å². The van der Waals surface area contributed by atoms with Gasteiger partial charge in [-0.2, -0.15) is 5.10 Å². The number of aryl methyl sites for hydroxylation is 1. The number of likely N-dealkylation sites (tertiary alicyclic amines) is 1.